The third-order valence-electron chi connectivity index (χ3n) is 3.20. The summed E-state index contributed by atoms with van der Waals surface area (Å²) in [6, 6.07) is -2.73. The molecule has 0 spiro atoms. The van der Waals surface area contributed by atoms with Crippen molar-refractivity contribution in [2.45, 2.75) is 44.3 Å². The van der Waals surface area contributed by atoms with E-state index in [9.17, 15) is 19.2 Å². The zero-order valence-electron chi connectivity index (χ0n) is 13.8. The van der Waals surface area contributed by atoms with Crippen LogP contribution in [0, 0.1) is 0 Å². The zero-order chi connectivity index (χ0) is 19.7. The summed E-state index contributed by atoms with van der Waals surface area (Å²) in [6.07, 6.45) is -0.0269. The molecule has 9 N–H and O–H groups in total. The Morgan fingerprint density at radius 1 is 1.12 bits per heavy atom. The summed E-state index contributed by atoms with van der Waals surface area (Å²) >= 11 is 0. The summed E-state index contributed by atoms with van der Waals surface area (Å²) < 4.78 is 4.90. The maximum Gasteiger partial charge on any atom is 0.326 e. The SMILES string of the molecule is NC(=O)CC[C@H](NC(=O)NCc1nc([C@@H](N)CCC(N)=O)no1)C(=O)O. The Hall–Kier alpha value is -3.22. The number of aromatic nitrogens is 2. The van der Waals surface area contributed by atoms with E-state index in [4.69, 9.17) is 26.8 Å². The van der Waals surface area contributed by atoms with E-state index in [1.807, 2.05) is 0 Å². The number of carboxylic acids is 1. The maximum atomic E-state index is 11.7. The minimum atomic E-state index is -1.30. The van der Waals surface area contributed by atoms with E-state index in [2.05, 4.69) is 20.8 Å². The number of hydrogen-bond acceptors (Lipinski definition) is 8. The molecule has 13 nitrogen and oxygen atoms in total. The van der Waals surface area contributed by atoms with Crippen molar-refractivity contribution < 1.29 is 28.8 Å². The molecule has 144 valence electrons. The molecule has 0 saturated heterocycles. The van der Waals surface area contributed by atoms with Crippen molar-refractivity contribution in [1.82, 2.24) is 20.8 Å². The van der Waals surface area contributed by atoms with Crippen molar-refractivity contribution in [2.24, 2.45) is 17.2 Å². The lowest BCUT2D eigenvalue weighted by Gasteiger charge is -2.13. The Kier molecular flexibility index (Phi) is 7.95. The first-order valence-electron chi connectivity index (χ1n) is 7.61. The summed E-state index contributed by atoms with van der Waals surface area (Å²) in [5, 5.41) is 17.1. The Morgan fingerprint density at radius 3 is 2.31 bits per heavy atom. The van der Waals surface area contributed by atoms with Crippen molar-refractivity contribution in [2.75, 3.05) is 0 Å². The number of urea groups is 1. The first kappa shape index (κ1) is 20.8. The van der Waals surface area contributed by atoms with Gasteiger partial charge >= 0.3 is 12.0 Å². The van der Waals surface area contributed by atoms with Gasteiger partial charge in [-0.1, -0.05) is 5.16 Å². The second kappa shape index (κ2) is 9.93. The quantitative estimate of drug-likeness (QED) is 0.248. The number of hydrogen-bond donors (Lipinski definition) is 6. The fraction of sp³-hybridized carbons (Fsp3) is 0.538. The van der Waals surface area contributed by atoms with Gasteiger partial charge in [-0.25, -0.2) is 9.59 Å². The molecular weight excluding hydrogens is 350 g/mol. The van der Waals surface area contributed by atoms with Gasteiger partial charge in [-0.2, -0.15) is 4.98 Å². The maximum absolute atomic E-state index is 11.7. The van der Waals surface area contributed by atoms with Gasteiger partial charge < -0.3 is 37.5 Å². The topological polar surface area (TPSA) is 230 Å². The van der Waals surface area contributed by atoms with E-state index in [-0.39, 0.29) is 43.9 Å². The fourth-order valence-corrected chi connectivity index (χ4v) is 1.83. The van der Waals surface area contributed by atoms with Crippen LogP contribution in [-0.2, 0) is 20.9 Å². The van der Waals surface area contributed by atoms with Gasteiger partial charge in [0.25, 0.3) is 0 Å². The van der Waals surface area contributed by atoms with Crippen LogP contribution in [0.4, 0.5) is 4.79 Å². The highest BCUT2D eigenvalue weighted by Crippen LogP contribution is 2.12. The molecular formula is C13H21N7O6. The second-order valence-corrected chi connectivity index (χ2v) is 5.38. The van der Waals surface area contributed by atoms with Crippen molar-refractivity contribution in [3.8, 4) is 0 Å². The monoisotopic (exact) mass is 371 g/mol. The first-order valence-corrected chi connectivity index (χ1v) is 7.61. The minimum absolute atomic E-state index is 0.0358. The molecule has 0 saturated carbocycles. The number of nitrogens with one attached hydrogen (secondary N) is 2. The third kappa shape index (κ3) is 7.57. The normalized spacial score (nSPS) is 12.8. The number of primary amides is 2. The zero-order valence-corrected chi connectivity index (χ0v) is 13.8. The van der Waals surface area contributed by atoms with E-state index < -0.39 is 35.9 Å². The van der Waals surface area contributed by atoms with Crippen LogP contribution < -0.4 is 27.8 Å². The van der Waals surface area contributed by atoms with Gasteiger partial charge in [0, 0.05) is 12.8 Å². The summed E-state index contributed by atoms with van der Waals surface area (Å²) in [7, 11) is 0. The Bertz CT molecular complexity index is 661. The van der Waals surface area contributed by atoms with Crippen LogP contribution in [0.25, 0.3) is 0 Å². The van der Waals surface area contributed by atoms with Crippen LogP contribution in [0.15, 0.2) is 4.52 Å². The molecule has 0 aliphatic rings. The van der Waals surface area contributed by atoms with Crippen molar-refractivity contribution in [3.05, 3.63) is 11.7 Å². The average molecular weight is 371 g/mol. The molecule has 0 aromatic carbocycles. The molecule has 1 aromatic rings. The molecule has 4 amide bonds. The number of nitrogens with two attached hydrogens (primary N) is 3. The number of amides is 4. The highest BCUT2D eigenvalue weighted by molar-refractivity contribution is 5.83. The molecule has 1 rings (SSSR count). The molecule has 13 heteroatoms. The Morgan fingerprint density at radius 2 is 1.73 bits per heavy atom. The lowest BCUT2D eigenvalue weighted by Crippen LogP contribution is -2.46. The Labute approximate surface area is 147 Å². The summed E-state index contributed by atoms with van der Waals surface area (Å²) in [5.41, 5.74) is 15.7. The van der Waals surface area contributed by atoms with Crippen molar-refractivity contribution in [3.63, 3.8) is 0 Å². The highest BCUT2D eigenvalue weighted by Gasteiger charge is 2.21. The molecule has 0 bridgehead atoms. The summed E-state index contributed by atoms with van der Waals surface area (Å²) in [5.74, 6) is -2.31. The molecule has 1 heterocycles. The highest BCUT2D eigenvalue weighted by atomic mass is 16.5. The van der Waals surface area contributed by atoms with Crippen LogP contribution in [0.2, 0.25) is 0 Å². The van der Waals surface area contributed by atoms with Gasteiger partial charge in [-0.05, 0) is 12.8 Å². The van der Waals surface area contributed by atoms with Crippen molar-refractivity contribution in [1.29, 1.82) is 0 Å². The smallest absolute Gasteiger partial charge is 0.326 e. The molecule has 0 radical (unpaired) electrons. The summed E-state index contributed by atoms with van der Waals surface area (Å²) in [4.78, 5) is 48.1. The standard InChI is InChI=1S/C13H21N7O6/c14-6(1-3-8(15)21)11-19-10(26-20-11)5-17-13(25)18-7(12(23)24)2-4-9(16)22/h6-7H,1-5,14H2,(H2,15,21)(H2,16,22)(H,23,24)(H2,17,18,25)/t6-,7-/m0/s1. The molecule has 0 unspecified atom stereocenters. The second-order valence-electron chi connectivity index (χ2n) is 5.38. The average Bonchev–Trinajstić information content (AvgIpc) is 3.03. The molecule has 1 aromatic heterocycles. The molecule has 2 atom stereocenters. The van der Waals surface area contributed by atoms with Gasteiger partial charge in [0.15, 0.2) is 5.82 Å². The number of carbonyl (C=O) groups is 4. The van der Waals surface area contributed by atoms with Gasteiger partial charge in [-0.15, -0.1) is 0 Å². The number of nitrogens with zero attached hydrogens (tertiary/aromatic N) is 2. The first-order chi connectivity index (χ1) is 12.2. The van der Waals surface area contributed by atoms with Gasteiger partial charge in [0.05, 0.1) is 12.6 Å². The lowest BCUT2D eigenvalue weighted by atomic mass is 10.1. The lowest BCUT2D eigenvalue weighted by molar-refractivity contribution is -0.139. The predicted octanol–water partition coefficient (Wildman–Crippen LogP) is -2.15. The number of rotatable bonds is 11. The number of aliphatic carboxylic acids is 1. The van der Waals surface area contributed by atoms with Crippen LogP contribution in [-0.4, -0.2) is 45.1 Å². The van der Waals surface area contributed by atoms with Gasteiger partial charge in [0.2, 0.25) is 17.7 Å². The number of carbonyl (C=O) groups excluding carboxylic acids is 3. The van der Waals surface area contributed by atoms with Crippen molar-refractivity contribution >= 4 is 23.8 Å². The van der Waals surface area contributed by atoms with E-state index in [0.29, 0.717) is 0 Å². The predicted molar refractivity (Wildman–Crippen MR) is 84.9 cm³/mol. The molecule has 26 heavy (non-hydrogen) atoms. The number of carboxylic acid groups (broad SMARTS) is 1. The molecule has 0 fully saturated rings. The Balaban J connectivity index is 2.47. The van der Waals surface area contributed by atoms with Gasteiger partial charge in [-0.3, -0.25) is 9.59 Å². The minimum Gasteiger partial charge on any atom is -0.480 e. The van der Waals surface area contributed by atoms with E-state index in [1.165, 1.54) is 0 Å². The van der Waals surface area contributed by atoms with E-state index in [1.54, 1.807) is 0 Å². The largest absolute Gasteiger partial charge is 0.480 e. The van der Waals surface area contributed by atoms with Crippen LogP contribution in [0.1, 0.15) is 43.4 Å². The fourth-order valence-electron chi connectivity index (χ4n) is 1.83. The van der Waals surface area contributed by atoms with E-state index >= 15 is 0 Å². The molecule has 0 aliphatic carbocycles. The summed E-state index contributed by atoms with van der Waals surface area (Å²) in [6.45, 7) is -0.177. The van der Waals surface area contributed by atoms with E-state index in [0.717, 1.165) is 0 Å². The van der Waals surface area contributed by atoms with Crippen LogP contribution >= 0.6 is 0 Å². The third-order valence-corrected chi connectivity index (χ3v) is 3.20. The van der Waals surface area contributed by atoms with Crippen LogP contribution in [0.5, 0.6) is 0 Å². The molecule has 0 aliphatic heterocycles. The van der Waals surface area contributed by atoms with Crippen LogP contribution in [0.3, 0.4) is 0 Å². The van der Waals surface area contributed by atoms with Gasteiger partial charge in [0.1, 0.15) is 6.04 Å².